The highest BCUT2D eigenvalue weighted by Gasteiger charge is 2.41. The molecule has 3 rings (SSSR count). The third-order valence-corrected chi connectivity index (χ3v) is 5.10. The van der Waals surface area contributed by atoms with Gasteiger partial charge in [0.25, 0.3) is 5.56 Å². The third kappa shape index (κ3) is 5.51. The zero-order chi connectivity index (χ0) is 25.1. The Hall–Kier alpha value is -3.82. The van der Waals surface area contributed by atoms with Crippen LogP contribution in [0.1, 0.15) is 25.3 Å². The topological polar surface area (TPSA) is 262 Å². The summed E-state index contributed by atoms with van der Waals surface area (Å²) in [5.74, 6) is -5.39. The first kappa shape index (κ1) is 25.4. The number of carbonyl (C=O) groups is 3. The Kier molecular flexibility index (Phi) is 7.53. The number of nitrogens with zero attached hydrogens (tertiary/aromatic N) is 3. The molecule has 2 aromatic heterocycles. The molecular formula is C18H23N5O10. The van der Waals surface area contributed by atoms with Gasteiger partial charge < -0.3 is 40.9 Å². The van der Waals surface area contributed by atoms with E-state index in [1.165, 1.54) is 6.33 Å². The smallest absolute Gasteiger partial charge is 0.336 e. The maximum Gasteiger partial charge on any atom is 0.336 e. The summed E-state index contributed by atoms with van der Waals surface area (Å²) < 4.78 is 1.67. The fraction of sp³-hybridized carbons (Fsp3) is 0.444. The molecule has 0 aliphatic heterocycles. The van der Waals surface area contributed by atoms with E-state index in [2.05, 4.69) is 21.5 Å². The van der Waals surface area contributed by atoms with Crippen molar-refractivity contribution in [2.45, 2.75) is 37.0 Å². The predicted octanol–water partition coefficient (Wildman–Crippen LogP) is -2.08. The molecule has 1 aliphatic rings. The van der Waals surface area contributed by atoms with Gasteiger partial charge in [-0.1, -0.05) is 6.58 Å². The van der Waals surface area contributed by atoms with Gasteiger partial charge in [-0.05, 0) is 12.0 Å². The molecular weight excluding hydrogens is 446 g/mol. The molecule has 15 nitrogen and oxygen atoms in total. The number of carboxylic acids is 3. The Morgan fingerprint density at radius 1 is 1.24 bits per heavy atom. The summed E-state index contributed by atoms with van der Waals surface area (Å²) in [6.07, 6.45) is -1.09. The summed E-state index contributed by atoms with van der Waals surface area (Å²) in [5, 5.41) is 53.0. The Balaban J connectivity index is 0.000000260. The predicted molar refractivity (Wildman–Crippen MR) is 109 cm³/mol. The van der Waals surface area contributed by atoms with Crippen LogP contribution in [0.2, 0.25) is 0 Å². The molecule has 180 valence electrons. The number of rotatable bonds is 7. The molecule has 2 aromatic rings. The average molecular weight is 469 g/mol. The van der Waals surface area contributed by atoms with Gasteiger partial charge in [0.1, 0.15) is 0 Å². The van der Waals surface area contributed by atoms with Crippen LogP contribution in [0.15, 0.2) is 23.3 Å². The molecule has 0 saturated heterocycles. The number of aliphatic hydroxyl groups excluding tert-OH is 2. The highest BCUT2D eigenvalue weighted by atomic mass is 16.4. The number of nitrogen functional groups attached to an aromatic ring is 1. The van der Waals surface area contributed by atoms with Crippen molar-refractivity contribution in [3.05, 3.63) is 28.8 Å². The zero-order valence-corrected chi connectivity index (χ0v) is 17.1. The van der Waals surface area contributed by atoms with E-state index in [0.717, 1.165) is 0 Å². The maximum absolute atomic E-state index is 11.7. The second-order valence-electron chi connectivity index (χ2n) is 7.44. The van der Waals surface area contributed by atoms with Crippen LogP contribution in [0, 0.1) is 5.92 Å². The van der Waals surface area contributed by atoms with Crippen LogP contribution in [0.5, 0.6) is 0 Å². The Bertz CT molecular complexity index is 1120. The average Bonchev–Trinajstić information content (AvgIpc) is 3.21. The number of aliphatic carboxylic acids is 3. The van der Waals surface area contributed by atoms with Crippen molar-refractivity contribution in [1.29, 1.82) is 0 Å². The van der Waals surface area contributed by atoms with Crippen molar-refractivity contribution < 1.29 is 45.0 Å². The molecule has 1 aliphatic carbocycles. The summed E-state index contributed by atoms with van der Waals surface area (Å²) in [6.45, 7) is 3.76. The Labute approximate surface area is 184 Å². The van der Waals surface area contributed by atoms with Crippen LogP contribution in [-0.2, 0) is 14.4 Å². The van der Waals surface area contributed by atoms with E-state index < -0.39 is 48.0 Å². The van der Waals surface area contributed by atoms with Crippen LogP contribution in [0.4, 0.5) is 5.95 Å². The number of aromatic nitrogens is 4. The number of nitrogens with two attached hydrogens (primary N) is 1. The fourth-order valence-corrected chi connectivity index (χ4v) is 3.45. The van der Waals surface area contributed by atoms with Gasteiger partial charge in [-0.25, -0.2) is 9.78 Å². The first-order valence-electron chi connectivity index (χ1n) is 9.40. The number of fused-ring (bicyclic) bond motifs is 1. The molecule has 1 saturated carbocycles. The van der Waals surface area contributed by atoms with Crippen molar-refractivity contribution in [3.63, 3.8) is 0 Å². The Morgan fingerprint density at radius 2 is 1.82 bits per heavy atom. The monoisotopic (exact) mass is 469 g/mol. The standard InChI is InChI=1S/C12H15N5O3.C6H8O7/c1-5-6(3-18)8(19)2-7(5)17-4-14-9-10(17)15-12(13)16-11(9)20;7-3(8)1-6(13,5(11)12)2-4(9)10/h4,6-8,18-19H,1-3H2,(H3,13,15,16,20);13H,1-2H2,(H,7,8)(H,9,10)(H,11,12)/t6-,7-,8-;/m0./s1. The van der Waals surface area contributed by atoms with E-state index >= 15 is 0 Å². The summed E-state index contributed by atoms with van der Waals surface area (Å²) in [4.78, 5) is 52.7. The van der Waals surface area contributed by atoms with Gasteiger partial charge in [-0.2, -0.15) is 4.98 Å². The molecule has 0 radical (unpaired) electrons. The van der Waals surface area contributed by atoms with E-state index in [9.17, 15) is 29.4 Å². The van der Waals surface area contributed by atoms with Gasteiger partial charge in [0.15, 0.2) is 16.8 Å². The van der Waals surface area contributed by atoms with E-state index in [-0.39, 0.29) is 30.0 Å². The van der Waals surface area contributed by atoms with Crippen LogP contribution in [-0.4, -0.2) is 86.4 Å². The molecule has 33 heavy (non-hydrogen) atoms. The lowest BCUT2D eigenvalue weighted by Gasteiger charge is -2.18. The normalized spacial score (nSPS) is 20.3. The van der Waals surface area contributed by atoms with Crippen LogP contribution in [0.25, 0.3) is 11.2 Å². The van der Waals surface area contributed by atoms with Crippen LogP contribution in [0.3, 0.4) is 0 Å². The van der Waals surface area contributed by atoms with Gasteiger partial charge in [-0.3, -0.25) is 19.4 Å². The fourth-order valence-electron chi connectivity index (χ4n) is 3.45. The summed E-state index contributed by atoms with van der Waals surface area (Å²) >= 11 is 0. The van der Waals surface area contributed by atoms with Crippen molar-refractivity contribution in [3.8, 4) is 0 Å². The lowest BCUT2D eigenvalue weighted by Crippen LogP contribution is -2.42. The number of carboxylic acid groups (broad SMARTS) is 3. The third-order valence-electron chi connectivity index (χ3n) is 5.10. The highest BCUT2D eigenvalue weighted by Crippen LogP contribution is 2.39. The van der Waals surface area contributed by atoms with Gasteiger partial charge in [0.2, 0.25) is 5.95 Å². The number of hydrogen-bond donors (Lipinski definition) is 8. The van der Waals surface area contributed by atoms with E-state index in [1.807, 2.05) is 0 Å². The lowest BCUT2D eigenvalue weighted by atomic mass is 9.96. The van der Waals surface area contributed by atoms with Gasteiger partial charge in [0.05, 0.1) is 37.9 Å². The molecule has 2 heterocycles. The van der Waals surface area contributed by atoms with Crippen LogP contribution >= 0.6 is 0 Å². The number of anilines is 1. The second-order valence-corrected chi connectivity index (χ2v) is 7.44. The minimum absolute atomic E-state index is 0.00659. The number of nitrogens with one attached hydrogen (secondary N) is 1. The second kappa shape index (κ2) is 9.76. The van der Waals surface area contributed by atoms with Crippen LogP contribution < -0.4 is 11.3 Å². The molecule has 3 atom stereocenters. The minimum Gasteiger partial charge on any atom is -0.481 e. The lowest BCUT2D eigenvalue weighted by molar-refractivity contribution is -0.170. The molecule has 0 amide bonds. The molecule has 0 aromatic carbocycles. The van der Waals surface area contributed by atoms with E-state index in [4.69, 9.17) is 26.2 Å². The molecule has 0 spiro atoms. The maximum atomic E-state index is 11.7. The molecule has 0 bridgehead atoms. The number of hydrogen-bond acceptors (Lipinski definition) is 10. The quantitative estimate of drug-likeness (QED) is 0.203. The minimum atomic E-state index is -2.74. The largest absolute Gasteiger partial charge is 0.481 e. The van der Waals surface area contributed by atoms with Crippen molar-refractivity contribution in [2.24, 2.45) is 5.92 Å². The van der Waals surface area contributed by atoms with E-state index in [1.54, 1.807) is 4.57 Å². The van der Waals surface area contributed by atoms with Crippen molar-refractivity contribution in [2.75, 3.05) is 12.3 Å². The number of H-pyrrole nitrogens is 1. The SMILES string of the molecule is C=C1[C@H](CO)[C@@H](O)C[C@@H]1n1cnc2c(=O)[nH]c(N)nc21.O=C(O)CC(O)(CC(=O)O)C(=O)O. The Morgan fingerprint density at radius 3 is 2.27 bits per heavy atom. The molecule has 1 fully saturated rings. The molecule has 15 heteroatoms. The first-order chi connectivity index (χ1) is 15.3. The first-order valence-corrected chi connectivity index (χ1v) is 9.40. The molecule has 9 N–H and O–H groups in total. The van der Waals surface area contributed by atoms with Gasteiger partial charge in [-0.15, -0.1) is 0 Å². The number of aromatic amines is 1. The molecule has 0 unspecified atom stereocenters. The van der Waals surface area contributed by atoms with Crippen molar-refractivity contribution >= 4 is 35.0 Å². The number of aliphatic hydroxyl groups is 3. The van der Waals surface area contributed by atoms with E-state index in [0.29, 0.717) is 17.6 Å². The summed E-state index contributed by atoms with van der Waals surface area (Å²) in [7, 11) is 0. The number of imidazole rings is 1. The summed E-state index contributed by atoms with van der Waals surface area (Å²) in [6, 6.07) is -0.263. The summed E-state index contributed by atoms with van der Waals surface area (Å²) in [5.41, 5.74) is 3.63. The van der Waals surface area contributed by atoms with Gasteiger partial charge in [0, 0.05) is 5.92 Å². The van der Waals surface area contributed by atoms with Crippen molar-refractivity contribution in [1.82, 2.24) is 19.5 Å². The highest BCUT2D eigenvalue weighted by molar-refractivity contribution is 5.88. The van der Waals surface area contributed by atoms with Gasteiger partial charge >= 0.3 is 17.9 Å². The zero-order valence-electron chi connectivity index (χ0n) is 17.1.